The van der Waals surface area contributed by atoms with Crippen LogP contribution in [-0.2, 0) is 6.42 Å². The summed E-state index contributed by atoms with van der Waals surface area (Å²) in [5.41, 5.74) is 0.666. The minimum Gasteiger partial charge on any atom is -0.490 e. The van der Waals surface area contributed by atoms with Crippen molar-refractivity contribution in [3.8, 4) is 5.75 Å². The van der Waals surface area contributed by atoms with Gasteiger partial charge in [-0.15, -0.1) is 11.3 Å². The molecule has 0 fully saturated rings. The summed E-state index contributed by atoms with van der Waals surface area (Å²) in [5, 5.41) is 1.99. The molecule has 2 aromatic rings. The normalized spacial score (nSPS) is 10.6. The van der Waals surface area contributed by atoms with Gasteiger partial charge in [-0.3, -0.25) is 4.79 Å². The molecule has 0 radical (unpaired) electrons. The van der Waals surface area contributed by atoms with Crippen molar-refractivity contribution in [1.82, 2.24) is 0 Å². The Bertz CT molecular complexity index is 515. The van der Waals surface area contributed by atoms with Gasteiger partial charge in [0.1, 0.15) is 5.75 Å². The summed E-state index contributed by atoms with van der Waals surface area (Å²) < 4.78 is 5.67. The number of ether oxygens (including phenoxy) is 1. The molecule has 0 unspecified atom stereocenters. The van der Waals surface area contributed by atoms with E-state index in [0.717, 1.165) is 4.88 Å². The smallest absolute Gasteiger partial charge is 0.171 e. The van der Waals surface area contributed by atoms with Crippen molar-refractivity contribution in [2.45, 2.75) is 26.4 Å². The Kier molecular flexibility index (Phi) is 4.15. The molecule has 0 amide bonds. The number of benzene rings is 1. The highest BCUT2D eigenvalue weighted by atomic mass is 32.1. The van der Waals surface area contributed by atoms with Crippen LogP contribution in [0.3, 0.4) is 0 Å². The topological polar surface area (TPSA) is 26.3 Å². The summed E-state index contributed by atoms with van der Waals surface area (Å²) in [5.74, 6) is 0.780. The highest BCUT2D eigenvalue weighted by molar-refractivity contribution is 7.10. The zero-order valence-corrected chi connectivity index (χ0v) is 11.4. The Hall–Kier alpha value is -1.61. The van der Waals surface area contributed by atoms with Gasteiger partial charge in [-0.05, 0) is 37.4 Å². The predicted octanol–water partition coefficient (Wildman–Crippen LogP) is 3.96. The molecule has 18 heavy (non-hydrogen) atoms. The zero-order valence-electron chi connectivity index (χ0n) is 10.6. The van der Waals surface area contributed by atoms with Gasteiger partial charge in [-0.25, -0.2) is 0 Å². The molecule has 0 saturated carbocycles. The fraction of sp³-hybridized carbons (Fsp3) is 0.267. The third-order valence-electron chi connectivity index (χ3n) is 2.47. The molecule has 3 heteroatoms. The molecular formula is C15H16O2S. The molecule has 1 aromatic heterocycles. The van der Waals surface area contributed by atoms with Crippen LogP contribution in [0.15, 0.2) is 41.8 Å². The van der Waals surface area contributed by atoms with E-state index in [1.807, 2.05) is 55.6 Å². The van der Waals surface area contributed by atoms with Crippen LogP contribution in [0.2, 0.25) is 0 Å². The molecule has 0 saturated heterocycles. The highest BCUT2D eigenvalue weighted by Crippen LogP contribution is 2.22. The van der Waals surface area contributed by atoms with Crippen molar-refractivity contribution in [2.75, 3.05) is 0 Å². The summed E-state index contributed by atoms with van der Waals surface area (Å²) in [6.07, 6.45) is 0.511. The second-order valence-electron chi connectivity index (χ2n) is 4.34. The number of hydrogen-bond donors (Lipinski definition) is 0. The second kappa shape index (κ2) is 5.83. The third kappa shape index (κ3) is 3.20. The molecule has 0 bridgehead atoms. The lowest BCUT2D eigenvalue weighted by molar-refractivity contribution is 0.0988. The van der Waals surface area contributed by atoms with E-state index in [4.69, 9.17) is 4.74 Å². The maximum atomic E-state index is 12.2. The Labute approximate surface area is 111 Å². The van der Waals surface area contributed by atoms with E-state index in [1.165, 1.54) is 0 Å². The fourth-order valence-electron chi connectivity index (χ4n) is 1.72. The molecule has 2 nitrogen and oxygen atoms in total. The van der Waals surface area contributed by atoms with Crippen LogP contribution in [0.5, 0.6) is 5.75 Å². The Morgan fingerprint density at radius 1 is 1.22 bits per heavy atom. The summed E-state index contributed by atoms with van der Waals surface area (Å²) in [6, 6.07) is 11.4. The molecule has 2 rings (SSSR count). The summed E-state index contributed by atoms with van der Waals surface area (Å²) >= 11 is 1.60. The SMILES string of the molecule is CC(C)Oc1ccccc1C(=O)Cc1cccs1. The Morgan fingerprint density at radius 2 is 2.00 bits per heavy atom. The first-order valence-electron chi connectivity index (χ1n) is 5.98. The summed E-state index contributed by atoms with van der Waals surface area (Å²) in [6.45, 7) is 3.92. The molecule has 0 atom stereocenters. The number of carbonyl (C=O) groups is 1. The third-order valence-corrected chi connectivity index (χ3v) is 3.34. The number of para-hydroxylation sites is 1. The average molecular weight is 260 g/mol. The van der Waals surface area contributed by atoms with Crippen molar-refractivity contribution in [2.24, 2.45) is 0 Å². The van der Waals surface area contributed by atoms with E-state index >= 15 is 0 Å². The van der Waals surface area contributed by atoms with Crippen LogP contribution < -0.4 is 4.74 Å². The van der Waals surface area contributed by atoms with Gasteiger partial charge in [0, 0.05) is 11.3 Å². The van der Waals surface area contributed by atoms with Gasteiger partial charge in [0.15, 0.2) is 5.78 Å². The molecule has 1 heterocycles. The van der Waals surface area contributed by atoms with Gasteiger partial charge >= 0.3 is 0 Å². The van der Waals surface area contributed by atoms with Crippen molar-refractivity contribution >= 4 is 17.1 Å². The minimum atomic E-state index is 0.0701. The van der Waals surface area contributed by atoms with Gasteiger partial charge in [-0.2, -0.15) is 0 Å². The molecule has 0 aliphatic heterocycles. The van der Waals surface area contributed by atoms with Crippen LogP contribution in [0.25, 0.3) is 0 Å². The number of carbonyl (C=O) groups excluding carboxylic acids is 1. The number of ketones is 1. The van der Waals surface area contributed by atoms with Gasteiger partial charge in [0.25, 0.3) is 0 Å². The van der Waals surface area contributed by atoms with Gasteiger partial charge < -0.3 is 4.74 Å². The van der Waals surface area contributed by atoms with Crippen LogP contribution in [0.1, 0.15) is 29.1 Å². The first-order valence-corrected chi connectivity index (χ1v) is 6.86. The van der Waals surface area contributed by atoms with E-state index in [2.05, 4.69) is 0 Å². The maximum absolute atomic E-state index is 12.2. The van der Waals surface area contributed by atoms with E-state index in [1.54, 1.807) is 11.3 Å². The van der Waals surface area contributed by atoms with Gasteiger partial charge in [0.05, 0.1) is 11.7 Å². The summed E-state index contributed by atoms with van der Waals surface area (Å²) in [7, 11) is 0. The van der Waals surface area contributed by atoms with Crippen molar-refractivity contribution in [3.05, 3.63) is 52.2 Å². The number of rotatable bonds is 5. The van der Waals surface area contributed by atoms with Gasteiger partial charge in [0.2, 0.25) is 0 Å². The highest BCUT2D eigenvalue weighted by Gasteiger charge is 2.13. The zero-order chi connectivity index (χ0) is 13.0. The second-order valence-corrected chi connectivity index (χ2v) is 5.37. The van der Waals surface area contributed by atoms with Crippen LogP contribution in [0, 0.1) is 0 Å². The number of Topliss-reactive ketones (excluding diaryl/α,β-unsaturated/α-hetero) is 1. The van der Waals surface area contributed by atoms with Crippen LogP contribution in [-0.4, -0.2) is 11.9 Å². The number of hydrogen-bond acceptors (Lipinski definition) is 3. The summed E-state index contributed by atoms with van der Waals surface area (Å²) in [4.78, 5) is 13.3. The van der Waals surface area contributed by atoms with Crippen molar-refractivity contribution in [1.29, 1.82) is 0 Å². The Balaban J connectivity index is 2.19. The van der Waals surface area contributed by atoms with E-state index in [9.17, 15) is 4.79 Å². The van der Waals surface area contributed by atoms with E-state index in [-0.39, 0.29) is 11.9 Å². The van der Waals surface area contributed by atoms with Crippen molar-refractivity contribution < 1.29 is 9.53 Å². The van der Waals surface area contributed by atoms with E-state index < -0.39 is 0 Å². The fourth-order valence-corrected chi connectivity index (χ4v) is 2.42. The molecule has 0 spiro atoms. The van der Waals surface area contributed by atoms with Gasteiger partial charge in [-0.1, -0.05) is 18.2 Å². The molecule has 0 aliphatic carbocycles. The quantitative estimate of drug-likeness (QED) is 0.761. The molecule has 94 valence electrons. The van der Waals surface area contributed by atoms with E-state index in [0.29, 0.717) is 17.7 Å². The van der Waals surface area contributed by atoms with Crippen LogP contribution >= 0.6 is 11.3 Å². The van der Waals surface area contributed by atoms with Crippen molar-refractivity contribution in [3.63, 3.8) is 0 Å². The standard InChI is InChI=1S/C15H16O2S/c1-11(2)17-15-8-4-3-7-13(15)14(16)10-12-6-5-9-18-12/h3-9,11H,10H2,1-2H3. The lowest BCUT2D eigenvalue weighted by atomic mass is 10.1. The molecule has 1 aromatic carbocycles. The number of thiophene rings is 1. The molecular weight excluding hydrogens is 244 g/mol. The molecule has 0 aliphatic rings. The maximum Gasteiger partial charge on any atom is 0.171 e. The first kappa shape index (κ1) is 12.8. The first-order chi connectivity index (χ1) is 8.66. The van der Waals surface area contributed by atoms with Crippen LogP contribution in [0.4, 0.5) is 0 Å². The largest absolute Gasteiger partial charge is 0.490 e. The average Bonchev–Trinajstić information content (AvgIpc) is 2.81. The lowest BCUT2D eigenvalue weighted by Gasteiger charge is -2.13. The molecule has 0 N–H and O–H groups in total. The predicted molar refractivity (Wildman–Crippen MR) is 74.6 cm³/mol. The minimum absolute atomic E-state index is 0.0701. The lowest BCUT2D eigenvalue weighted by Crippen LogP contribution is -2.11. The monoisotopic (exact) mass is 260 g/mol. The Morgan fingerprint density at radius 3 is 2.67 bits per heavy atom.